The number of hydrogen-bond acceptors (Lipinski definition) is 3. The lowest BCUT2D eigenvalue weighted by Gasteiger charge is -2.31. The van der Waals surface area contributed by atoms with Crippen molar-refractivity contribution in [2.75, 3.05) is 0 Å². The molecule has 1 aliphatic rings. The minimum absolute atomic E-state index is 0.0375. The van der Waals surface area contributed by atoms with E-state index < -0.39 is 15.3 Å². The number of nitrogens with zero attached hydrogens (tertiary/aromatic N) is 1. The van der Waals surface area contributed by atoms with Crippen molar-refractivity contribution in [3.05, 3.63) is 0 Å². The molecule has 1 saturated carbocycles. The molecule has 1 N–H and O–H groups in total. The fraction of sp³-hybridized carbons (Fsp3) is 0.889. The van der Waals surface area contributed by atoms with Gasteiger partial charge in [-0.25, -0.2) is 13.1 Å². The van der Waals surface area contributed by atoms with Crippen LogP contribution in [-0.4, -0.2) is 19.7 Å². The molecule has 0 aliphatic heterocycles. The Labute approximate surface area is 85.4 Å². The van der Waals surface area contributed by atoms with Crippen LogP contribution in [-0.2, 0) is 10.0 Å². The Balaban J connectivity index is 2.54. The molecule has 0 amide bonds. The van der Waals surface area contributed by atoms with Gasteiger partial charge in [0, 0.05) is 6.04 Å². The molecule has 80 valence electrons. The topological polar surface area (TPSA) is 70.0 Å². The summed E-state index contributed by atoms with van der Waals surface area (Å²) >= 11 is 0. The maximum atomic E-state index is 11.5. The summed E-state index contributed by atoms with van der Waals surface area (Å²) in [6.45, 7) is 3.27. The van der Waals surface area contributed by atoms with Crippen LogP contribution >= 0.6 is 0 Å². The molecule has 0 radical (unpaired) electrons. The van der Waals surface area contributed by atoms with Crippen molar-refractivity contribution in [1.82, 2.24) is 4.72 Å². The molecule has 2 atom stereocenters. The molecular formula is C9H16N2O2S. The van der Waals surface area contributed by atoms with E-state index in [0.717, 1.165) is 12.8 Å². The van der Waals surface area contributed by atoms with Crippen molar-refractivity contribution < 1.29 is 8.42 Å². The van der Waals surface area contributed by atoms with Crippen LogP contribution in [0.15, 0.2) is 0 Å². The molecule has 0 heterocycles. The Morgan fingerprint density at radius 1 is 1.43 bits per heavy atom. The molecule has 2 unspecified atom stereocenters. The maximum Gasteiger partial charge on any atom is 0.227 e. The van der Waals surface area contributed by atoms with E-state index in [-0.39, 0.29) is 6.04 Å². The number of hydrogen-bond donors (Lipinski definition) is 1. The molecule has 0 saturated heterocycles. The summed E-state index contributed by atoms with van der Waals surface area (Å²) in [5, 5.41) is 7.56. The van der Waals surface area contributed by atoms with Gasteiger partial charge in [-0.1, -0.05) is 6.42 Å². The van der Waals surface area contributed by atoms with Crippen molar-refractivity contribution in [2.45, 2.75) is 44.4 Å². The molecule has 0 aromatic rings. The smallest absolute Gasteiger partial charge is 0.211 e. The highest BCUT2D eigenvalue weighted by molar-refractivity contribution is 7.90. The van der Waals surface area contributed by atoms with Gasteiger partial charge in [0.25, 0.3) is 0 Å². The zero-order valence-corrected chi connectivity index (χ0v) is 9.34. The number of nitrogens with one attached hydrogen (secondary N) is 1. The molecule has 14 heavy (non-hydrogen) atoms. The summed E-state index contributed by atoms with van der Waals surface area (Å²) < 4.78 is 25.5. The monoisotopic (exact) mass is 216 g/mol. The lowest BCUT2D eigenvalue weighted by atomic mass is 9.81. The van der Waals surface area contributed by atoms with Gasteiger partial charge in [-0.15, -0.1) is 0 Å². The quantitative estimate of drug-likeness (QED) is 0.762. The van der Waals surface area contributed by atoms with Gasteiger partial charge in [0.1, 0.15) is 0 Å². The Kier molecular flexibility index (Phi) is 3.51. The fourth-order valence-corrected chi connectivity index (χ4v) is 2.52. The Morgan fingerprint density at radius 2 is 2.00 bits per heavy atom. The first-order valence-corrected chi connectivity index (χ1v) is 6.42. The second kappa shape index (κ2) is 4.28. The highest BCUT2D eigenvalue weighted by atomic mass is 32.2. The van der Waals surface area contributed by atoms with E-state index >= 15 is 0 Å². The van der Waals surface area contributed by atoms with Gasteiger partial charge >= 0.3 is 0 Å². The summed E-state index contributed by atoms with van der Waals surface area (Å²) in [5.74, 6) is 0.454. The molecule has 4 nitrogen and oxygen atoms in total. The largest absolute Gasteiger partial charge is 0.227 e. The van der Waals surface area contributed by atoms with E-state index in [9.17, 15) is 8.42 Å². The standard InChI is InChI=1S/C9H16N2O2S/c1-7(6-10)14(12,13)11-8(2)9-4-3-5-9/h7-9,11H,3-5H2,1-2H3. The van der Waals surface area contributed by atoms with Crippen LogP contribution in [0.4, 0.5) is 0 Å². The summed E-state index contributed by atoms with van der Waals surface area (Å²) in [4.78, 5) is 0. The molecular weight excluding hydrogens is 200 g/mol. The van der Waals surface area contributed by atoms with Crippen LogP contribution in [0, 0.1) is 17.2 Å². The number of nitriles is 1. The highest BCUT2D eigenvalue weighted by Gasteiger charge is 2.29. The molecule has 1 fully saturated rings. The van der Waals surface area contributed by atoms with E-state index in [4.69, 9.17) is 5.26 Å². The first-order valence-electron chi connectivity index (χ1n) is 4.88. The molecule has 1 aliphatic carbocycles. The Morgan fingerprint density at radius 3 is 2.36 bits per heavy atom. The Bertz CT molecular complexity index is 327. The average molecular weight is 216 g/mol. The van der Waals surface area contributed by atoms with E-state index in [1.165, 1.54) is 13.3 Å². The third-order valence-corrected chi connectivity index (χ3v) is 4.59. The average Bonchev–Trinajstić information content (AvgIpc) is 1.98. The highest BCUT2D eigenvalue weighted by Crippen LogP contribution is 2.29. The van der Waals surface area contributed by atoms with E-state index in [0.29, 0.717) is 5.92 Å². The van der Waals surface area contributed by atoms with E-state index in [2.05, 4.69) is 4.72 Å². The van der Waals surface area contributed by atoms with Crippen molar-refractivity contribution in [3.8, 4) is 6.07 Å². The van der Waals surface area contributed by atoms with Gasteiger partial charge in [-0.2, -0.15) is 5.26 Å². The second-order valence-corrected chi connectivity index (χ2v) is 5.95. The summed E-state index contributed by atoms with van der Waals surface area (Å²) in [5.41, 5.74) is 0. The van der Waals surface area contributed by atoms with Crippen molar-refractivity contribution in [1.29, 1.82) is 5.26 Å². The summed E-state index contributed by atoms with van der Waals surface area (Å²) in [7, 11) is -3.44. The van der Waals surface area contributed by atoms with Crippen molar-refractivity contribution in [3.63, 3.8) is 0 Å². The number of rotatable bonds is 4. The first-order chi connectivity index (χ1) is 6.47. The lowest BCUT2D eigenvalue weighted by Crippen LogP contribution is -2.43. The normalized spacial score (nSPS) is 22.1. The first kappa shape index (κ1) is 11.5. The molecule has 1 rings (SSSR count). The SMILES string of the molecule is CC(NS(=O)(=O)C(C)C#N)C1CCC1. The maximum absolute atomic E-state index is 11.5. The summed E-state index contributed by atoms with van der Waals surface area (Å²) in [6, 6.07) is 1.70. The molecule has 0 aromatic heterocycles. The van der Waals surface area contributed by atoms with Crippen LogP contribution in [0.1, 0.15) is 33.1 Å². The third kappa shape index (κ3) is 2.46. The third-order valence-electron chi connectivity index (χ3n) is 2.85. The van der Waals surface area contributed by atoms with Gasteiger partial charge in [-0.3, -0.25) is 0 Å². The zero-order valence-electron chi connectivity index (χ0n) is 8.53. The number of sulfonamides is 1. The van der Waals surface area contributed by atoms with Crippen LogP contribution in [0.2, 0.25) is 0 Å². The minimum atomic E-state index is -3.44. The van der Waals surface area contributed by atoms with Gasteiger partial charge in [0.2, 0.25) is 10.0 Å². The van der Waals surface area contributed by atoms with Gasteiger partial charge in [0.05, 0.1) is 6.07 Å². The second-order valence-electron chi connectivity index (χ2n) is 3.91. The van der Waals surface area contributed by atoms with Crippen molar-refractivity contribution in [2.24, 2.45) is 5.92 Å². The minimum Gasteiger partial charge on any atom is -0.211 e. The van der Waals surface area contributed by atoms with Gasteiger partial charge in [0.15, 0.2) is 5.25 Å². The van der Waals surface area contributed by atoms with E-state index in [1.54, 1.807) is 6.07 Å². The van der Waals surface area contributed by atoms with Crippen molar-refractivity contribution >= 4 is 10.0 Å². The van der Waals surface area contributed by atoms with Crippen LogP contribution in [0.5, 0.6) is 0 Å². The lowest BCUT2D eigenvalue weighted by molar-refractivity contribution is 0.260. The zero-order chi connectivity index (χ0) is 10.8. The van der Waals surface area contributed by atoms with Gasteiger partial charge in [-0.05, 0) is 32.6 Å². The van der Waals surface area contributed by atoms with Gasteiger partial charge < -0.3 is 0 Å². The fourth-order valence-electron chi connectivity index (χ4n) is 1.47. The van der Waals surface area contributed by atoms with Crippen LogP contribution in [0.25, 0.3) is 0 Å². The molecule has 0 aromatic carbocycles. The molecule has 0 spiro atoms. The van der Waals surface area contributed by atoms with Crippen LogP contribution in [0.3, 0.4) is 0 Å². The predicted molar refractivity (Wildman–Crippen MR) is 53.9 cm³/mol. The van der Waals surface area contributed by atoms with E-state index in [1.807, 2.05) is 6.92 Å². The molecule has 0 bridgehead atoms. The summed E-state index contributed by atoms with van der Waals surface area (Å²) in [6.07, 6.45) is 3.36. The predicted octanol–water partition coefficient (Wildman–Crippen LogP) is 1.01. The molecule has 5 heteroatoms. The van der Waals surface area contributed by atoms with Crippen LogP contribution < -0.4 is 4.72 Å². The Hall–Kier alpha value is -0.600.